The highest BCUT2D eigenvalue weighted by Gasteiger charge is 2.32. The zero-order chi connectivity index (χ0) is 20.5. The van der Waals surface area contributed by atoms with Crippen LogP contribution in [0.3, 0.4) is 0 Å². The Morgan fingerprint density at radius 1 is 1.14 bits per heavy atom. The van der Waals surface area contributed by atoms with Crippen LogP contribution in [0.5, 0.6) is 0 Å². The first-order valence-corrected chi connectivity index (χ1v) is 9.95. The largest absolute Gasteiger partial charge is 0.322 e. The maximum Gasteiger partial charge on any atom is 0.273 e. The van der Waals surface area contributed by atoms with E-state index in [2.05, 4.69) is 5.32 Å². The van der Waals surface area contributed by atoms with E-state index in [0.29, 0.717) is 17.8 Å². The average Bonchev–Trinajstić information content (AvgIpc) is 3.37. The second kappa shape index (κ2) is 7.66. The van der Waals surface area contributed by atoms with Gasteiger partial charge in [-0.3, -0.25) is 19.7 Å². The van der Waals surface area contributed by atoms with E-state index in [0.717, 1.165) is 43.4 Å². The molecule has 1 N–H and O–H groups in total. The molecule has 1 aliphatic heterocycles. The van der Waals surface area contributed by atoms with Crippen LogP contribution in [0, 0.1) is 23.0 Å². The summed E-state index contributed by atoms with van der Waals surface area (Å²) < 4.78 is 0. The highest BCUT2D eigenvalue weighted by molar-refractivity contribution is 6.05. The Kier molecular flexibility index (Phi) is 5.05. The second-order valence-corrected chi connectivity index (χ2v) is 7.78. The summed E-state index contributed by atoms with van der Waals surface area (Å²) in [4.78, 5) is 38.0. The summed E-state index contributed by atoms with van der Waals surface area (Å²) in [6.45, 7) is 2.31. The number of hydrogen-bond acceptors (Lipinski definition) is 4. The van der Waals surface area contributed by atoms with Crippen LogP contribution >= 0.6 is 0 Å². The van der Waals surface area contributed by atoms with Gasteiger partial charge in [0.05, 0.1) is 4.92 Å². The van der Waals surface area contributed by atoms with Gasteiger partial charge in [-0.1, -0.05) is 25.0 Å². The number of nitrogens with one attached hydrogen (secondary N) is 1. The summed E-state index contributed by atoms with van der Waals surface area (Å²) in [6.07, 6.45) is 4.93. The van der Waals surface area contributed by atoms with Crippen molar-refractivity contribution in [1.29, 1.82) is 0 Å². The van der Waals surface area contributed by atoms with Crippen molar-refractivity contribution in [1.82, 2.24) is 0 Å². The molecule has 1 saturated carbocycles. The first kappa shape index (κ1) is 19.1. The third-order valence-electron chi connectivity index (χ3n) is 5.88. The van der Waals surface area contributed by atoms with Crippen LogP contribution in [0.25, 0.3) is 0 Å². The van der Waals surface area contributed by atoms with Gasteiger partial charge in [0.15, 0.2) is 0 Å². The molecule has 1 heterocycles. The number of benzene rings is 2. The van der Waals surface area contributed by atoms with Crippen molar-refractivity contribution in [3.8, 4) is 0 Å². The Morgan fingerprint density at radius 3 is 2.62 bits per heavy atom. The molecule has 7 nitrogen and oxygen atoms in total. The molecule has 4 rings (SSSR count). The molecule has 1 fully saturated rings. The van der Waals surface area contributed by atoms with Crippen molar-refractivity contribution >= 4 is 28.9 Å². The van der Waals surface area contributed by atoms with Gasteiger partial charge >= 0.3 is 0 Å². The number of carbonyl (C=O) groups is 2. The summed E-state index contributed by atoms with van der Waals surface area (Å²) >= 11 is 0. The van der Waals surface area contributed by atoms with Crippen LogP contribution in [0.15, 0.2) is 36.4 Å². The minimum Gasteiger partial charge on any atom is -0.322 e. The molecule has 0 radical (unpaired) electrons. The molecule has 0 aromatic heterocycles. The third-order valence-corrected chi connectivity index (χ3v) is 5.88. The van der Waals surface area contributed by atoms with E-state index in [-0.39, 0.29) is 23.1 Å². The van der Waals surface area contributed by atoms with Crippen molar-refractivity contribution in [3.63, 3.8) is 0 Å². The fourth-order valence-electron chi connectivity index (χ4n) is 4.23. The molecule has 0 saturated heterocycles. The highest BCUT2D eigenvalue weighted by Crippen LogP contribution is 2.35. The summed E-state index contributed by atoms with van der Waals surface area (Å²) in [5.74, 6) is -0.133. The Bertz CT molecular complexity index is 996. The van der Waals surface area contributed by atoms with Gasteiger partial charge in [-0.15, -0.1) is 0 Å². The lowest BCUT2D eigenvalue weighted by molar-refractivity contribution is -0.385. The standard InChI is InChI=1S/C22H23N3O4/c1-14-6-7-17(12-19(14)25(28)29)21(26)23-18-9-8-15-10-11-24(20(15)13-18)22(27)16-4-2-3-5-16/h6-9,12-13,16H,2-5,10-11H2,1H3,(H,23,26). The van der Waals surface area contributed by atoms with Crippen molar-refractivity contribution < 1.29 is 14.5 Å². The number of amides is 2. The maximum absolute atomic E-state index is 12.9. The lowest BCUT2D eigenvalue weighted by atomic mass is 10.1. The first-order chi connectivity index (χ1) is 13.9. The van der Waals surface area contributed by atoms with E-state index in [1.807, 2.05) is 23.1 Å². The van der Waals surface area contributed by atoms with Crippen molar-refractivity contribution in [3.05, 3.63) is 63.2 Å². The maximum atomic E-state index is 12.9. The van der Waals surface area contributed by atoms with Gasteiger partial charge in [0.2, 0.25) is 5.91 Å². The molecule has 0 bridgehead atoms. The lowest BCUT2D eigenvalue weighted by Crippen LogP contribution is -2.33. The summed E-state index contributed by atoms with van der Waals surface area (Å²) in [5, 5.41) is 13.9. The Hall–Kier alpha value is -3.22. The normalized spacial score (nSPS) is 16.0. The molecule has 29 heavy (non-hydrogen) atoms. The molecule has 150 valence electrons. The number of nitro groups is 1. The number of fused-ring (bicyclic) bond motifs is 1. The molecule has 1 aliphatic carbocycles. The number of hydrogen-bond donors (Lipinski definition) is 1. The molecule has 2 aliphatic rings. The Morgan fingerprint density at radius 2 is 1.90 bits per heavy atom. The van der Waals surface area contributed by atoms with Crippen molar-refractivity contribution in [2.45, 2.75) is 39.0 Å². The molecule has 2 aromatic carbocycles. The van der Waals surface area contributed by atoms with Crippen molar-refractivity contribution in [2.75, 3.05) is 16.8 Å². The van der Waals surface area contributed by atoms with Gasteiger partial charge in [-0.05, 0) is 49.9 Å². The average molecular weight is 393 g/mol. The molecule has 0 spiro atoms. The van der Waals surface area contributed by atoms with E-state index in [9.17, 15) is 19.7 Å². The van der Waals surface area contributed by atoms with Gasteiger partial charge < -0.3 is 10.2 Å². The molecular weight excluding hydrogens is 370 g/mol. The number of aryl methyl sites for hydroxylation is 1. The summed E-state index contributed by atoms with van der Waals surface area (Å²) in [7, 11) is 0. The van der Waals surface area contributed by atoms with Gasteiger partial charge in [-0.25, -0.2) is 0 Å². The predicted molar refractivity (Wildman–Crippen MR) is 110 cm³/mol. The predicted octanol–water partition coefficient (Wildman–Crippen LogP) is 4.23. The first-order valence-electron chi connectivity index (χ1n) is 9.95. The van der Waals surface area contributed by atoms with Crippen LogP contribution in [-0.2, 0) is 11.2 Å². The zero-order valence-corrected chi connectivity index (χ0v) is 16.3. The van der Waals surface area contributed by atoms with Crippen LogP contribution in [0.4, 0.5) is 17.1 Å². The fourth-order valence-corrected chi connectivity index (χ4v) is 4.23. The summed E-state index contributed by atoms with van der Waals surface area (Å²) in [5.41, 5.74) is 3.17. The summed E-state index contributed by atoms with van der Waals surface area (Å²) in [6, 6.07) is 10.00. The molecule has 2 aromatic rings. The van der Waals surface area contributed by atoms with E-state index < -0.39 is 10.8 Å². The fraction of sp³-hybridized carbons (Fsp3) is 0.364. The van der Waals surface area contributed by atoms with E-state index in [1.54, 1.807) is 19.1 Å². The Labute approximate surface area is 168 Å². The minimum atomic E-state index is -0.492. The monoisotopic (exact) mass is 393 g/mol. The zero-order valence-electron chi connectivity index (χ0n) is 16.3. The lowest BCUT2D eigenvalue weighted by Gasteiger charge is -2.21. The van der Waals surface area contributed by atoms with E-state index >= 15 is 0 Å². The molecule has 0 atom stereocenters. The highest BCUT2D eigenvalue weighted by atomic mass is 16.6. The smallest absolute Gasteiger partial charge is 0.273 e. The third kappa shape index (κ3) is 3.72. The van der Waals surface area contributed by atoms with Gasteiger partial charge in [0, 0.05) is 41.0 Å². The van der Waals surface area contributed by atoms with Crippen LogP contribution in [-0.4, -0.2) is 23.3 Å². The van der Waals surface area contributed by atoms with Gasteiger partial charge in [-0.2, -0.15) is 0 Å². The quantitative estimate of drug-likeness (QED) is 0.621. The van der Waals surface area contributed by atoms with E-state index in [4.69, 9.17) is 0 Å². The number of rotatable bonds is 4. The Balaban J connectivity index is 1.54. The van der Waals surface area contributed by atoms with Gasteiger partial charge in [0.1, 0.15) is 0 Å². The second-order valence-electron chi connectivity index (χ2n) is 7.78. The van der Waals surface area contributed by atoms with Crippen molar-refractivity contribution in [2.24, 2.45) is 5.92 Å². The topological polar surface area (TPSA) is 92.6 Å². The van der Waals surface area contributed by atoms with Crippen LogP contribution < -0.4 is 10.2 Å². The SMILES string of the molecule is Cc1ccc(C(=O)Nc2ccc3c(c2)N(C(=O)C2CCCC2)CC3)cc1[N+](=O)[O-]. The molecule has 2 amide bonds. The molecular formula is C22H23N3O4. The number of carbonyl (C=O) groups excluding carboxylic acids is 2. The minimum absolute atomic E-state index is 0.0834. The number of nitrogens with zero attached hydrogens (tertiary/aromatic N) is 2. The number of nitro benzene ring substituents is 1. The van der Waals surface area contributed by atoms with Crippen LogP contribution in [0.1, 0.15) is 47.2 Å². The van der Waals surface area contributed by atoms with E-state index in [1.165, 1.54) is 6.07 Å². The molecule has 7 heteroatoms. The van der Waals surface area contributed by atoms with Crippen LogP contribution in [0.2, 0.25) is 0 Å². The number of anilines is 2. The van der Waals surface area contributed by atoms with Gasteiger partial charge in [0.25, 0.3) is 11.6 Å². The molecule has 0 unspecified atom stereocenters.